The third-order valence-electron chi connectivity index (χ3n) is 7.60. The van der Waals surface area contributed by atoms with Crippen LogP contribution in [0.5, 0.6) is 0 Å². The van der Waals surface area contributed by atoms with E-state index in [0.29, 0.717) is 5.91 Å². The average molecular weight is 430 g/mol. The molecule has 1 amide bonds. The number of hydrogen-bond acceptors (Lipinski definition) is 4. The van der Waals surface area contributed by atoms with Crippen LogP contribution >= 0.6 is 0 Å². The van der Waals surface area contributed by atoms with Crippen molar-refractivity contribution < 1.29 is 9.90 Å². The van der Waals surface area contributed by atoms with E-state index in [2.05, 4.69) is 45.8 Å². The molecule has 0 spiro atoms. The van der Waals surface area contributed by atoms with Crippen molar-refractivity contribution in [3.63, 3.8) is 0 Å². The number of nitrogens with zero attached hydrogens (tertiary/aromatic N) is 3. The number of fused-ring (bicyclic) bond motifs is 3. The largest absolute Gasteiger partial charge is 0.394 e. The van der Waals surface area contributed by atoms with Crippen molar-refractivity contribution in [2.45, 2.75) is 50.6 Å². The quantitative estimate of drug-likeness (QED) is 0.739. The zero-order chi connectivity index (χ0) is 22.1. The summed E-state index contributed by atoms with van der Waals surface area (Å²) >= 11 is 0. The summed E-state index contributed by atoms with van der Waals surface area (Å²) in [6.07, 6.45) is 10.0. The average Bonchev–Trinajstić information content (AvgIpc) is 3.29. The van der Waals surface area contributed by atoms with Gasteiger partial charge in [-0.15, -0.1) is 0 Å². The number of aliphatic hydroxyl groups excluding tert-OH is 1. The van der Waals surface area contributed by atoms with Crippen LogP contribution in [0.1, 0.15) is 61.3 Å². The van der Waals surface area contributed by atoms with E-state index in [1.54, 1.807) is 12.4 Å². The van der Waals surface area contributed by atoms with Crippen molar-refractivity contribution in [1.82, 2.24) is 9.88 Å². The van der Waals surface area contributed by atoms with Gasteiger partial charge in [0.05, 0.1) is 18.7 Å². The van der Waals surface area contributed by atoms with Gasteiger partial charge in [-0.1, -0.05) is 31.1 Å². The van der Waals surface area contributed by atoms with Crippen LogP contribution in [0, 0.1) is 23.7 Å². The molecule has 5 nitrogen and oxygen atoms in total. The van der Waals surface area contributed by atoms with Gasteiger partial charge in [0.2, 0.25) is 5.91 Å². The van der Waals surface area contributed by atoms with Crippen LogP contribution in [0.3, 0.4) is 0 Å². The number of aromatic nitrogens is 1. The van der Waals surface area contributed by atoms with Gasteiger partial charge >= 0.3 is 0 Å². The first-order chi connectivity index (χ1) is 15.7. The fourth-order valence-electron chi connectivity index (χ4n) is 5.94. The van der Waals surface area contributed by atoms with Crippen LogP contribution in [-0.4, -0.2) is 47.1 Å². The molecule has 32 heavy (non-hydrogen) atoms. The fourth-order valence-corrected chi connectivity index (χ4v) is 5.94. The normalized spacial score (nSPS) is 25.0. The predicted octanol–water partition coefficient (Wildman–Crippen LogP) is 3.76. The maximum Gasteiger partial charge on any atom is 0.226 e. The van der Waals surface area contributed by atoms with E-state index in [4.69, 9.17) is 0 Å². The number of hydrogen-bond donors (Lipinski definition) is 1. The van der Waals surface area contributed by atoms with E-state index < -0.39 is 0 Å². The third-order valence-corrected chi connectivity index (χ3v) is 7.60. The van der Waals surface area contributed by atoms with Crippen LogP contribution in [0.2, 0.25) is 0 Å². The highest BCUT2D eigenvalue weighted by Crippen LogP contribution is 2.49. The molecule has 2 unspecified atom stereocenters. The number of pyridine rings is 1. The van der Waals surface area contributed by atoms with Crippen molar-refractivity contribution in [2.75, 3.05) is 25.1 Å². The van der Waals surface area contributed by atoms with Crippen molar-refractivity contribution in [2.24, 2.45) is 11.8 Å². The van der Waals surface area contributed by atoms with Gasteiger partial charge in [0, 0.05) is 54.6 Å². The highest BCUT2D eigenvalue weighted by atomic mass is 16.3. The standard InChI is InChI=1S/C27H31N3O2/c1-29-24-12-11-19(9-10-20-6-5-14-28-17-20)16-23(24)26-22(25(29)18-31)13-15-30(26)27(32)21-7-3-2-4-8-21/h5-6,11-12,14,16-17,21-22,25-26,31H,2-4,7-8,13,15,18H2,1H3/t22-,25?,26?/m0/s1. The molecule has 3 aliphatic rings. The molecule has 1 aromatic carbocycles. The van der Waals surface area contributed by atoms with Crippen LogP contribution < -0.4 is 4.90 Å². The summed E-state index contributed by atoms with van der Waals surface area (Å²) in [5, 5.41) is 10.2. The molecule has 2 aromatic rings. The third kappa shape index (κ3) is 3.78. The summed E-state index contributed by atoms with van der Waals surface area (Å²) < 4.78 is 0. The van der Waals surface area contributed by atoms with Gasteiger partial charge < -0.3 is 14.9 Å². The molecule has 1 aromatic heterocycles. The number of rotatable bonds is 2. The summed E-state index contributed by atoms with van der Waals surface area (Å²) in [7, 11) is 2.06. The van der Waals surface area contributed by atoms with Crippen LogP contribution in [0.15, 0.2) is 42.7 Å². The van der Waals surface area contributed by atoms with Crippen molar-refractivity contribution in [3.05, 3.63) is 59.4 Å². The Morgan fingerprint density at radius 2 is 1.94 bits per heavy atom. The lowest BCUT2D eigenvalue weighted by atomic mass is 9.81. The number of carbonyl (C=O) groups is 1. The Morgan fingerprint density at radius 3 is 2.69 bits per heavy atom. The predicted molar refractivity (Wildman–Crippen MR) is 125 cm³/mol. The molecule has 5 heteroatoms. The molecule has 1 saturated heterocycles. The molecule has 3 heterocycles. The van der Waals surface area contributed by atoms with E-state index in [1.807, 2.05) is 18.2 Å². The first-order valence-corrected chi connectivity index (χ1v) is 11.9. The SMILES string of the molecule is CN1c2ccc(C#Cc3cccnc3)cc2C2[C@@H](CCN2C(=O)C2CCCCC2)C1CO. The Hall–Kier alpha value is -2.84. The molecule has 0 bridgehead atoms. The second-order valence-electron chi connectivity index (χ2n) is 9.39. The molecule has 2 fully saturated rings. The molecular formula is C27H31N3O2. The molecule has 3 atom stereocenters. The highest BCUT2D eigenvalue weighted by molar-refractivity contribution is 5.80. The minimum absolute atomic E-state index is 0.0212. The molecule has 166 valence electrons. The van der Waals surface area contributed by atoms with Crippen molar-refractivity contribution in [3.8, 4) is 11.8 Å². The van der Waals surface area contributed by atoms with Crippen LogP contribution in [0.4, 0.5) is 5.69 Å². The van der Waals surface area contributed by atoms with Gasteiger partial charge in [-0.05, 0) is 55.2 Å². The number of likely N-dealkylation sites (N-methyl/N-ethyl adjacent to an activating group) is 1. The zero-order valence-corrected chi connectivity index (χ0v) is 18.7. The lowest BCUT2D eigenvalue weighted by Gasteiger charge is -2.45. The number of benzene rings is 1. The number of amides is 1. The Bertz CT molecular complexity index is 1040. The van der Waals surface area contributed by atoms with Crippen LogP contribution in [-0.2, 0) is 4.79 Å². The van der Waals surface area contributed by atoms with E-state index in [1.165, 1.54) is 12.0 Å². The summed E-state index contributed by atoms with van der Waals surface area (Å²) in [5.41, 5.74) is 4.09. The first-order valence-electron chi connectivity index (χ1n) is 11.9. The maximum atomic E-state index is 13.6. The van der Waals surface area contributed by atoms with Crippen molar-refractivity contribution >= 4 is 11.6 Å². The Morgan fingerprint density at radius 1 is 1.12 bits per heavy atom. The molecule has 5 rings (SSSR count). The molecular weight excluding hydrogens is 398 g/mol. The van der Waals surface area contributed by atoms with E-state index in [0.717, 1.165) is 55.5 Å². The number of aliphatic hydroxyl groups is 1. The second kappa shape index (κ2) is 8.96. The lowest BCUT2D eigenvalue weighted by Crippen LogP contribution is -2.49. The number of likely N-dealkylation sites (tertiary alicyclic amines) is 1. The lowest BCUT2D eigenvalue weighted by molar-refractivity contribution is -0.138. The van der Waals surface area contributed by atoms with Crippen molar-refractivity contribution in [1.29, 1.82) is 0 Å². The number of carbonyl (C=O) groups excluding carboxylic acids is 1. The Labute approximate surface area is 190 Å². The van der Waals surface area contributed by atoms with Gasteiger partial charge in [-0.3, -0.25) is 9.78 Å². The number of anilines is 1. The highest BCUT2D eigenvalue weighted by Gasteiger charge is 2.48. The summed E-state index contributed by atoms with van der Waals surface area (Å²) in [6, 6.07) is 10.2. The first kappa shape index (κ1) is 21.0. The van der Waals surface area contributed by atoms with Gasteiger partial charge in [-0.25, -0.2) is 0 Å². The fraction of sp³-hybridized carbons (Fsp3) is 0.481. The minimum atomic E-state index is 0.0212. The van der Waals surface area contributed by atoms with E-state index >= 15 is 0 Å². The summed E-state index contributed by atoms with van der Waals surface area (Å²) in [4.78, 5) is 22.0. The van der Waals surface area contributed by atoms with Gasteiger partial charge in [0.1, 0.15) is 0 Å². The minimum Gasteiger partial charge on any atom is -0.394 e. The molecule has 2 aliphatic heterocycles. The van der Waals surface area contributed by atoms with Gasteiger partial charge in [-0.2, -0.15) is 0 Å². The summed E-state index contributed by atoms with van der Waals surface area (Å²) in [5.74, 6) is 7.19. The van der Waals surface area contributed by atoms with Gasteiger partial charge in [0.15, 0.2) is 0 Å². The smallest absolute Gasteiger partial charge is 0.226 e. The van der Waals surface area contributed by atoms with Gasteiger partial charge in [0.25, 0.3) is 0 Å². The van der Waals surface area contributed by atoms with E-state index in [9.17, 15) is 9.90 Å². The Kier molecular flexibility index (Phi) is 5.89. The molecule has 1 aliphatic carbocycles. The zero-order valence-electron chi connectivity index (χ0n) is 18.7. The Balaban J connectivity index is 1.51. The maximum absolute atomic E-state index is 13.6. The molecule has 1 N–H and O–H groups in total. The molecule has 0 radical (unpaired) electrons. The topological polar surface area (TPSA) is 56.7 Å². The monoisotopic (exact) mass is 429 g/mol. The molecule has 1 saturated carbocycles. The van der Waals surface area contributed by atoms with E-state index in [-0.39, 0.29) is 30.5 Å². The van der Waals surface area contributed by atoms with Crippen LogP contribution in [0.25, 0.3) is 0 Å². The second-order valence-corrected chi connectivity index (χ2v) is 9.39. The summed E-state index contributed by atoms with van der Waals surface area (Å²) in [6.45, 7) is 0.880.